The molecule has 0 saturated carbocycles. The van der Waals surface area contributed by atoms with Gasteiger partial charge in [-0.2, -0.15) is 0 Å². The number of nitrogens with zero attached hydrogens (tertiary/aromatic N) is 4. The maximum Gasteiger partial charge on any atom is 0.332 e. The molecule has 7 heteroatoms. The van der Waals surface area contributed by atoms with E-state index in [9.17, 15) is 14.4 Å². The van der Waals surface area contributed by atoms with Crippen LogP contribution in [0.5, 0.6) is 0 Å². The molecule has 0 amide bonds. The standard InChI is InChI=1S/C19H22N4O3/c1-10-7-14(13(4)12(3)11(10)2)15(24)8-23-9-20-17-16(23)18(25)22(6)19(26)21(17)5/h7,9H,8H2,1-6H3. The van der Waals surface area contributed by atoms with Gasteiger partial charge in [0, 0.05) is 19.7 Å². The lowest BCUT2D eigenvalue weighted by molar-refractivity contribution is 0.0972. The minimum absolute atomic E-state index is 0.00722. The Hall–Kier alpha value is -2.96. The number of carbonyl (C=O) groups excluding carboxylic acids is 1. The smallest absolute Gasteiger partial charge is 0.317 e. The molecule has 0 unspecified atom stereocenters. The van der Waals surface area contributed by atoms with E-state index in [0.29, 0.717) is 5.56 Å². The number of aryl methyl sites for hydroxylation is 2. The van der Waals surface area contributed by atoms with Crippen molar-refractivity contribution in [2.75, 3.05) is 0 Å². The molecule has 0 aliphatic rings. The van der Waals surface area contributed by atoms with Crippen LogP contribution in [0.4, 0.5) is 0 Å². The lowest BCUT2D eigenvalue weighted by Gasteiger charge is -2.14. The van der Waals surface area contributed by atoms with E-state index < -0.39 is 11.2 Å². The highest BCUT2D eigenvalue weighted by molar-refractivity contribution is 5.98. The zero-order chi connectivity index (χ0) is 19.3. The van der Waals surface area contributed by atoms with E-state index in [2.05, 4.69) is 4.98 Å². The molecule has 136 valence electrons. The average Bonchev–Trinajstić information content (AvgIpc) is 3.02. The van der Waals surface area contributed by atoms with Gasteiger partial charge in [-0.15, -0.1) is 0 Å². The van der Waals surface area contributed by atoms with E-state index in [4.69, 9.17) is 0 Å². The molecule has 0 saturated heterocycles. The summed E-state index contributed by atoms with van der Waals surface area (Å²) in [7, 11) is 2.97. The van der Waals surface area contributed by atoms with E-state index >= 15 is 0 Å². The first-order chi connectivity index (χ1) is 12.1. The monoisotopic (exact) mass is 354 g/mol. The van der Waals surface area contributed by atoms with Gasteiger partial charge in [-0.25, -0.2) is 9.78 Å². The van der Waals surface area contributed by atoms with E-state index in [1.54, 1.807) is 7.05 Å². The summed E-state index contributed by atoms with van der Waals surface area (Å²) in [4.78, 5) is 41.6. The number of fused-ring (bicyclic) bond motifs is 1. The molecule has 3 aromatic rings. The predicted octanol–water partition coefficient (Wildman–Crippen LogP) is 1.55. The van der Waals surface area contributed by atoms with Gasteiger partial charge >= 0.3 is 5.69 Å². The fourth-order valence-electron chi connectivity index (χ4n) is 3.26. The lowest BCUT2D eigenvalue weighted by Crippen LogP contribution is -2.37. The summed E-state index contributed by atoms with van der Waals surface area (Å²) < 4.78 is 3.85. The Labute approximate surface area is 150 Å². The normalized spacial score (nSPS) is 11.3. The molecule has 0 aliphatic heterocycles. The van der Waals surface area contributed by atoms with Crippen molar-refractivity contribution in [2.45, 2.75) is 34.2 Å². The van der Waals surface area contributed by atoms with Crippen molar-refractivity contribution in [2.24, 2.45) is 14.1 Å². The van der Waals surface area contributed by atoms with Gasteiger partial charge < -0.3 is 4.57 Å². The Bertz CT molecular complexity index is 1180. The maximum absolute atomic E-state index is 12.9. The van der Waals surface area contributed by atoms with Crippen molar-refractivity contribution in [3.05, 3.63) is 61.0 Å². The molecular weight excluding hydrogens is 332 g/mol. The van der Waals surface area contributed by atoms with Crippen LogP contribution in [0.1, 0.15) is 32.6 Å². The molecule has 0 spiro atoms. The highest BCUT2D eigenvalue weighted by Gasteiger charge is 2.18. The first-order valence-electron chi connectivity index (χ1n) is 8.36. The second kappa shape index (κ2) is 6.09. The van der Waals surface area contributed by atoms with Gasteiger partial charge in [0.25, 0.3) is 5.56 Å². The average molecular weight is 354 g/mol. The Morgan fingerprint density at radius 3 is 2.31 bits per heavy atom. The van der Waals surface area contributed by atoms with Crippen LogP contribution in [0.2, 0.25) is 0 Å². The second-order valence-corrected chi connectivity index (χ2v) is 6.79. The van der Waals surface area contributed by atoms with Gasteiger partial charge in [-0.3, -0.25) is 18.7 Å². The summed E-state index contributed by atoms with van der Waals surface area (Å²) in [6, 6.07) is 1.90. The zero-order valence-corrected chi connectivity index (χ0v) is 15.9. The largest absolute Gasteiger partial charge is 0.332 e. The Morgan fingerprint density at radius 1 is 1.00 bits per heavy atom. The van der Waals surface area contributed by atoms with Gasteiger partial charge in [0.15, 0.2) is 16.9 Å². The summed E-state index contributed by atoms with van der Waals surface area (Å²) in [6.07, 6.45) is 1.44. The third-order valence-electron chi connectivity index (χ3n) is 5.31. The van der Waals surface area contributed by atoms with Crippen molar-refractivity contribution in [1.82, 2.24) is 18.7 Å². The topological polar surface area (TPSA) is 78.9 Å². The van der Waals surface area contributed by atoms with Crippen molar-refractivity contribution in [3.63, 3.8) is 0 Å². The summed E-state index contributed by atoms with van der Waals surface area (Å²) in [6.45, 7) is 7.96. The second-order valence-electron chi connectivity index (χ2n) is 6.79. The maximum atomic E-state index is 12.9. The highest BCUT2D eigenvalue weighted by Crippen LogP contribution is 2.22. The number of hydrogen-bond donors (Lipinski definition) is 0. The third-order valence-corrected chi connectivity index (χ3v) is 5.31. The highest BCUT2D eigenvalue weighted by atomic mass is 16.2. The molecule has 0 N–H and O–H groups in total. The molecule has 26 heavy (non-hydrogen) atoms. The fraction of sp³-hybridized carbons (Fsp3) is 0.368. The van der Waals surface area contributed by atoms with Crippen molar-refractivity contribution >= 4 is 16.9 Å². The van der Waals surface area contributed by atoms with Crippen LogP contribution >= 0.6 is 0 Å². The van der Waals surface area contributed by atoms with Crippen molar-refractivity contribution in [3.8, 4) is 0 Å². The van der Waals surface area contributed by atoms with Gasteiger partial charge in [-0.1, -0.05) is 0 Å². The molecular formula is C19H22N4O3. The SMILES string of the molecule is Cc1cc(C(=O)Cn2cnc3c2c(=O)n(C)c(=O)n3C)c(C)c(C)c1C. The van der Waals surface area contributed by atoms with Gasteiger partial charge in [0.05, 0.1) is 12.9 Å². The van der Waals surface area contributed by atoms with Crippen LogP contribution in [0.3, 0.4) is 0 Å². The van der Waals surface area contributed by atoms with Crippen LogP contribution in [0.25, 0.3) is 11.2 Å². The van der Waals surface area contributed by atoms with Crippen LogP contribution in [-0.2, 0) is 20.6 Å². The minimum Gasteiger partial charge on any atom is -0.317 e. The number of aromatic nitrogens is 4. The van der Waals surface area contributed by atoms with Gasteiger partial charge in [0.1, 0.15) is 0 Å². The third kappa shape index (κ3) is 2.51. The minimum atomic E-state index is -0.457. The zero-order valence-electron chi connectivity index (χ0n) is 15.9. The lowest BCUT2D eigenvalue weighted by atomic mass is 9.92. The summed E-state index contributed by atoms with van der Waals surface area (Å²) in [5, 5.41) is 0. The molecule has 7 nitrogen and oxygen atoms in total. The summed E-state index contributed by atoms with van der Waals surface area (Å²) in [5.41, 5.74) is 4.56. The van der Waals surface area contributed by atoms with Crippen LogP contribution in [0, 0.1) is 27.7 Å². The number of imidazole rings is 1. The predicted molar refractivity (Wildman–Crippen MR) is 99.9 cm³/mol. The fourth-order valence-corrected chi connectivity index (χ4v) is 3.26. The first kappa shape index (κ1) is 17.8. The summed E-state index contributed by atoms with van der Waals surface area (Å²) >= 11 is 0. The van der Waals surface area contributed by atoms with Crippen LogP contribution in [0.15, 0.2) is 22.0 Å². The summed E-state index contributed by atoms with van der Waals surface area (Å²) in [5.74, 6) is -0.0936. The van der Waals surface area contributed by atoms with Crippen LogP contribution in [-0.4, -0.2) is 24.5 Å². The van der Waals surface area contributed by atoms with Gasteiger partial charge in [0.2, 0.25) is 0 Å². The molecule has 0 aliphatic carbocycles. The molecule has 2 heterocycles. The van der Waals surface area contributed by atoms with E-state index in [1.807, 2.05) is 33.8 Å². The number of carbonyl (C=O) groups is 1. The molecule has 3 rings (SSSR count). The number of Topliss-reactive ketones (excluding diaryl/α,β-unsaturated/α-hetero) is 1. The molecule has 0 fully saturated rings. The van der Waals surface area contributed by atoms with Gasteiger partial charge in [-0.05, 0) is 56.0 Å². The number of rotatable bonds is 3. The van der Waals surface area contributed by atoms with E-state index in [0.717, 1.165) is 21.3 Å². The van der Waals surface area contributed by atoms with Crippen molar-refractivity contribution < 1.29 is 4.79 Å². The molecule has 2 aromatic heterocycles. The molecule has 0 atom stereocenters. The molecule has 1 aromatic carbocycles. The molecule has 0 radical (unpaired) electrons. The van der Waals surface area contributed by atoms with Crippen molar-refractivity contribution in [1.29, 1.82) is 0 Å². The van der Waals surface area contributed by atoms with E-state index in [-0.39, 0.29) is 23.5 Å². The number of benzene rings is 1. The Balaban J connectivity index is 2.13. The first-order valence-corrected chi connectivity index (χ1v) is 8.36. The number of ketones is 1. The van der Waals surface area contributed by atoms with E-state index in [1.165, 1.54) is 28.1 Å². The number of hydrogen-bond acceptors (Lipinski definition) is 4. The quantitative estimate of drug-likeness (QED) is 0.669. The Morgan fingerprint density at radius 2 is 1.65 bits per heavy atom. The Kier molecular flexibility index (Phi) is 4.18. The molecule has 0 bridgehead atoms. The van der Waals surface area contributed by atoms with Crippen LogP contribution < -0.4 is 11.2 Å².